The van der Waals surface area contributed by atoms with Gasteiger partial charge < -0.3 is 9.88 Å². The first kappa shape index (κ1) is 9.51. The predicted molar refractivity (Wildman–Crippen MR) is 43.6 cm³/mol. The summed E-state index contributed by atoms with van der Waals surface area (Å²) in [7, 11) is 0. The van der Waals surface area contributed by atoms with Crippen LogP contribution in [0.25, 0.3) is 0 Å². The summed E-state index contributed by atoms with van der Waals surface area (Å²) in [6.45, 7) is 2.68. The molecule has 2 rings (SSSR count). The molecule has 0 amide bonds. The van der Waals surface area contributed by atoms with Gasteiger partial charge in [-0.05, 0) is 6.92 Å². The number of aromatic nitrogens is 2. The molecule has 1 aliphatic heterocycles. The van der Waals surface area contributed by atoms with Crippen LogP contribution in [-0.2, 0) is 12.7 Å². The third-order valence-corrected chi connectivity index (χ3v) is 2.35. The van der Waals surface area contributed by atoms with Crippen molar-refractivity contribution < 1.29 is 13.2 Å². The number of alkyl halides is 3. The summed E-state index contributed by atoms with van der Waals surface area (Å²) in [5, 5.41) is 3.05. The third-order valence-electron chi connectivity index (χ3n) is 2.35. The third kappa shape index (κ3) is 1.39. The van der Waals surface area contributed by atoms with Gasteiger partial charge in [0.05, 0.1) is 12.2 Å². The van der Waals surface area contributed by atoms with Gasteiger partial charge in [-0.1, -0.05) is 0 Å². The first-order chi connectivity index (χ1) is 6.50. The van der Waals surface area contributed by atoms with E-state index >= 15 is 0 Å². The molecule has 3 nitrogen and oxygen atoms in total. The molecule has 0 bridgehead atoms. The fourth-order valence-electron chi connectivity index (χ4n) is 1.68. The Morgan fingerprint density at radius 2 is 2.29 bits per heavy atom. The topological polar surface area (TPSA) is 29.9 Å². The summed E-state index contributed by atoms with van der Waals surface area (Å²) < 4.78 is 38.6. The van der Waals surface area contributed by atoms with Crippen molar-refractivity contribution in [2.75, 3.05) is 6.54 Å². The lowest BCUT2D eigenvalue weighted by Gasteiger charge is -2.23. The van der Waals surface area contributed by atoms with E-state index in [1.807, 2.05) is 0 Å². The Bertz CT molecular complexity index is 342. The van der Waals surface area contributed by atoms with Crippen LogP contribution in [0.15, 0.2) is 6.20 Å². The molecule has 0 fully saturated rings. The Balaban J connectivity index is 2.46. The Morgan fingerprint density at radius 3 is 2.93 bits per heavy atom. The Kier molecular flexibility index (Phi) is 2.02. The van der Waals surface area contributed by atoms with Crippen LogP contribution in [0.2, 0.25) is 0 Å². The maximum absolute atomic E-state index is 12.5. The molecule has 0 radical (unpaired) electrons. The van der Waals surface area contributed by atoms with Crippen molar-refractivity contribution in [1.29, 1.82) is 0 Å². The first-order valence-electron chi connectivity index (χ1n) is 4.36. The van der Waals surface area contributed by atoms with Crippen LogP contribution in [0.1, 0.15) is 24.5 Å². The number of nitrogens with zero attached hydrogens (tertiary/aromatic N) is 2. The fraction of sp³-hybridized carbons (Fsp3) is 0.625. The van der Waals surface area contributed by atoms with Gasteiger partial charge in [-0.2, -0.15) is 13.2 Å². The molecule has 0 aliphatic carbocycles. The normalized spacial score (nSPS) is 22.1. The van der Waals surface area contributed by atoms with Gasteiger partial charge in [0, 0.05) is 13.1 Å². The lowest BCUT2D eigenvalue weighted by atomic mass is 10.2. The molecule has 6 heteroatoms. The van der Waals surface area contributed by atoms with Crippen LogP contribution in [0, 0.1) is 0 Å². The van der Waals surface area contributed by atoms with Crippen molar-refractivity contribution in [3.8, 4) is 0 Å². The summed E-state index contributed by atoms with van der Waals surface area (Å²) in [4.78, 5) is 3.78. The van der Waals surface area contributed by atoms with E-state index in [1.54, 1.807) is 6.92 Å². The predicted octanol–water partition coefficient (Wildman–Crippen LogP) is 1.57. The zero-order chi connectivity index (χ0) is 10.3. The van der Waals surface area contributed by atoms with E-state index in [2.05, 4.69) is 10.3 Å². The lowest BCUT2D eigenvalue weighted by Crippen LogP contribution is -2.33. The minimum Gasteiger partial charge on any atom is -0.322 e. The molecule has 2 heterocycles. The minimum absolute atomic E-state index is 0.111. The van der Waals surface area contributed by atoms with Crippen LogP contribution >= 0.6 is 0 Å². The van der Waals surface area contributed by atoms with Crippen molar-refractivity contribution in [3.05, 3.63) is 17.7 Å². The van der Waals surface area contributed by atoms with Crippen molar-refractivity contribution in [2.45, 2.75) is 25.7 Å². The number of rotatable bonds is 0. The second-order valence-electron chi connectivity index (χ2n) is 3.33. The summed E-state index contributed by atoms with van der Waals surface area (Å²) in [6, 6.07) is -0.111. The Labute approximate surface area is 78.9 Å². The van der Waals surface area contributed by atoms with E-state index in [-0.39, 0.29) is 6.04 Å². The van der Waals surface area contributed by atoms with Crippen molar-refractivity contribution >= 4 is 0 Å². The first-order valence-corrected chi connectivity index (χ1v) is 4.36. The number of hydrogen-bond donors (Lipinski definition) is 1. The molecule has 0 aromatic carbocycles. The lowest BCUT2D eigenvalue weighted by molar-refractivity contribution is -0.143. The van der Waals surface area contributed by atoms with E-state index < -0.39 is 11.9 Å². The van der Waals surface area contributed by atoms with E-state index in [9.17, 15) is 13.2 Å². The number of imidazole rings is 1. The monoisotopic (exact) mass is 205 g/mol. The average molecular weight is 205 g/mol. The SMILES string of the molecule is C[C@@H]1NCCn2c(C(F)(F)F)cnc21. The van der Waals surface area contributed by atoms with Gasteiger partial charge in [0.1, 0.15) is 11.5 Å². The van der Waals surface area contributed by atoms with Crippen LogP contribution in [0.4, 0.5) is 13.2 Å². The molecule has 1 N–H and O–H groups in total. The summed E-state index contributed by atoms with van der Waals surface area (Å²) in [5.41, 5.74) is -0.652. The highest BCUT2D eigenvalue weighted by molar-refractivity contribution is 5.13. The molecule has 0 unspecified atom stereocenters. The maximum Gasteiger partial charge on any atom is 0.433 e. The van der Waals surface area contributed by atoms with Gasteiger partial charge >= 0.3 is 6.18 Å². The van der Waals surface area contributed by atoms with Gasteiger partial charge in [-0.25, -0.2) is 4.98 Å². The van der Waals surface area contributed by atoms with Crippen LogP contribution < -0.4 is 5.32 Å². The molecule has 78 valence electrons. The molecule has 1 atom stereocenters. The van der Waals surface area contributed by atoms with Gasteiger partial charge in [0.2, 0.25) is 0 Å². The van der Waals surface area contributed by atoms with Crippen LogP contribution in [-0.4, -0.2) is 16.1 Å². The molecular weight excluding hydrogens is 195 g/mol. The maximum atomic E-state index is 12.5. The van der Waals surface area contributed by atoms with E-state index in [1.165, 1.54) is 4.57 Å². The number of fused-ring (bicyclic) bond motifs is 1. The van der Waals surface area contributed by atoms with Gasteiger partial charge in [-0.15, -0.1) is 0 Å². The largest absolute Gasteiger partial charge is 0.433 e. The highest BCUT2D eigenvalue weighted by Gasteiger charge is 2.37. The van der Waals surface area contributed by atoms with Crippen LogP contribution in [0.5, 0.6) is 0 Å². The van der Waals surface area contributed by atoms with Gasteiger partial charge in [0.25, 0.3) is 0 Å². The van der Waals surface area contributed by atoms with Gasteiger partial charge in [0.15, 0.2) is 0 Å². The average Bonchev–Trinajstić information content (AvgIpc) is 2.47. The van der Waals surface area contributed by atoms with E-state index in [0.29, 0.717) is 18.9 Å². The summed E-state index contributed by atoms with van der Waals surface area (Å²) >= 11 is 0. The zero-order valence-electron chi connectivity index (χ0n) is 7.60. The molecular formula is C8H10F3N3. The van der Waals surface area contributed by atoms with Crippen LogP contribution in [0.3, 0.4) is 0 Å². The number of halogens is 3. The number of hydrogen-bond acceptors (Lipinski definition) is 2. The summed E-state index contributed by atoms with van der Waals surface area (Å²) in [6.07, 6.45) is -3.40. The summed E-state index contributed by atoms with van der Waals surface area (Å²) in [5.74, 6) is 0.462. The second-order valence-corrected chi connectivity index (χ2v) is 3.33. The quantitative estimate of drug-likeness (QED) is 0.696. The molecule has 0 spiro atoms. The standard InChI is InChI=1S/C8H10F3N3/c1-5-7-13-4-6(8(9,10)11)14(7)3-2-12-5/h4-5,12H,2-3H2,1H3/t5-/m0/s1. The van der Waals surface area contributed by atoms with E-state index in [0.717, 1.165) is 6.20 Å². The molecule has 14 heavy (non-hydrogen) atoms. The molecule has 1 aliphatic rings. The Hall–Kier alpha value is -1.04. The van der Waals surface area contributed by atoms with Crippen molar-refractivity contribution in [2.24, 2.45) is 0 Å². The highest BCUT2D eigenvalue weighted by atomic mass is 19.4. The Morgan fingerprint density at radius 1 is 1.57 bits per heavy atom. The fourth-order valence-corrected chi connectivity index (χ4v) is 1.68. The van der Waals surface area contributed by atoms with Crippen molar-refractivity contribution in [3.63, 3.8) is 0 Å². The zero-order valence-corrected chi connectivity index (χ0v) is 7.60. The van der Waals surface area contributed by atoms with Crippen molar-refractivity contribution in [1.82, 2.24) is 14.9 Å². The minimum atomic E-state index is -4.30. The molecule has 0 saturated carbocycles. The van der Waals surface area contributed by atoms with Gasteiger partial charge in [-0.3, -0.25) is 0 Å². The molecule has 1 aromatic rings. The smallest absolute Gasteiger partial charge is 0.322 e. The molecule has 0 saturated heterocycles. The second kappa shape index (κ2) is 2.98. The highest BCUT2D eigenvalue weighted by Crippen LogP contribution is 2.31. The molecule has 1 aromatic heterocycles. The number of nitrogens with one attached hydrogen (secondary N) is 1. The van der Waals surface area contributed by atoms with E-state index in [4.69, 9.17) is 0 Å².